The number of likely N-dealkylation sites (N-methyl/N-ethyl adjacent to an activating group) is 2. The lowest BCUT2D eigenvalue weighted by atomic mass is 10.0. The molecule has 0 fully saturated rings. The van der Waals surface area contributed by atoms with Gasteiger partial charge in [0, 0.05) is 24.2 Å². The Hall–Kier alpha value is -1.78. The van der Waals surface area contributed by atoms with Crippen LogP contribution in [0.4, 0.5) is 0 Å². The van der Waals surface area contributed by atoms with Crippen molar-refractivity contribution in [3.05, 3.63) is 65.7 Å². The zero-order chi connectivity index (χ0) is 17.5. The smallest absolute Gasteiger partial charge is 0.244 e. The average molecular weight is 343 g/mol. The van der Waals surface area contributed by atoms with Crippen molar-refractivity contribution in [2.45, 2.75) is 17.9 Å². The zero-order valence-corrected chi connectivity index (χ0v) is 15.7. The topological polar surface area (TPSA) is 23.6 Å². The predicted molar refractivity (Wildman–Crippen MR) is 102 cm³/mol. The number of nitrogens with zero attached hydrogens (tertiary/aromatic N) is 2. The summed E-state index contributed by atoms with van der Waals surface area (Å²) in [4.78, 5) is 18.0. The molecule has 2 rings (SSSR count). The molecular weight excluding hydrogens is 316 g/mol. The van der Waals surface area contributed by atoms with Gasteiger partial charge in [-0.3, -0.25) is 9.69 Å². The molecule has 0 unspecified atom stereocenters. The van der Waals surface area contributed by atoms with Crippen LogP contribution in [0.5, 0.6) is 0 Å². The van der Waals surface area contributed by atoms with Crippen molar-refractivity contribution >= 4 is 17.7 Å². The number of aryl methyl sites for hydroxylation is 1. The first kappa shape index (κ1) is 18.6. The van der Waals surface area contributed by atoms with Gasteiger partial charge in [-0.25, -0.2) is 0 Å². The summed E-state index contributed by atoms with van der Waals surface area (Å²) in [6, 6.07) is 18.2. The lowest BCUT2D eigenvalue weighted by Crippen LogP contribution is -2.39. The maximum atomic E-state index is 12.9. The van der Waals surface area contributed by atoms with E-state index in [2.05, 4.69) is 31.2 Å². The summed E-state index contributed by atoms with van der Waals surface area (Å²) in [5, 5.41) is 0. The minimum Gasteiger partial charge on any atom is -0.343 e. The Bertz CT molecular complexity index is 658. The second-order valence-corrected chi connectivity index (χ2v) is 7.37. The van der Waals surface area contributed by atoms with Crippen LogP contribution in [0.2, 0.25) is 0 Å². The number of rotatable bonds is 7. The van der Waals surface area contributed by atoms with Crippen molar-refractivity contribution < 1.29 is 4.79 Å². The van der Waals surface area contributed by atoms with Crippen molar-refractivity contribution in [3.8, 4) is 0 Å². The maximum absolute atomic E-state index is 12.9. The van der Waals surface area contributed by atoms with Gasteiger partial charge in [0.2, 0.25) is 5.91 Å². The number of benzene rings is 2. The first-order valence-electron chi connectivity index (χ1n) is 8.15. The van der Waals surface area contributed by atoms with E-state index in [4.69, 9.17) is 0 Å². The molecule has 0 N–H and O–H groups in total. The summed E-state index contributed by atoms with van der Waals surface area (Å²) in [5.74, 6) is 1.03. The zero-order valence-electron chi connectivity index (χ0n) is 14.9. The van der Waals surface area contributed by atoms with Gasteiger partial charge in [-0.05, 0) is 38.7 Å². The Labute approximate surface area is 149 Å². The molecule has 0 heterocycles. The van der Waals surface area contributed by atoms with E-state index in [0.29, 0.717) is 0 Å². The molecule has 0 aliphatic rings. The van der Waals surface area contributed by atoms with Gasteiger partial charge >= 0.3 is 0 Å². The van der Waals surface area contributed by atoms with Crippen LogP contribution in [0.3, 0.4) is 0 Å². The fraction of sp³-hybridized carbons (Fsp3) is 0.350. The molecule has 0 radical (unpaired) electrons. The molecule has 0 spiro atoms. The van der Waals surface area contributed by atoms with Gasteiger partial charge in [0.25, 0.3) is 0 Å². The maximum Gasteiger partial charge on any atom is 0.244 e. The quantitative estimate of drug-likeness (QED) is 0.714. The Morgan fingerprint density at radius 2 is 1.75 bits per heavy atom. The summed E-state index contributed by atoms with van der Waals surface area (Å²) in [5.41, 5.74) is 2.22. The van der Waals surface area contributed by atoms with Crippen LogP contribution in [-0.2, 0) is 4.79 Å². The summed E-state index contributed by atoms with van der Waals surface area (Å²) < 4.78 is 0. The molecule has 0 saturated carbocycles. The van der Waals surface area contributed by atoms with E-state index in [-0.39, 0.29) is 11.9 Å². The highest BCUT2D eigenvalue weighted by Gasteiger charge is 2.25. The highest BCUT2D eigenvalue weighted by molar-refractivity contribution is 7.99. The molecule has 1 amide bonds. The number of carbonyl (C=O) groups excluding carboxylic acids is 1. The van der Waals surface area contributed by atoms with Crippen LogP contribution in [0.25, 0.3) is 0 Å². The summed E-state index contributed by atoms with van der Waals surface area (Å²) in [6.45, 7) is 2.79. The SMILES string of the molecule is Cc1cccc([C@@H](C(=O)N(C)CCSc2ccccc2)N(C)C)c1. The Balaban J connectivity index is 1.98. The number of carbonyl (C=O) groups is 1. The predicted octanol–water partition coefficient (Wildman–Crippen LogP) is 3.85. The second-order valence-electron chi connectivity index (χ2n) is 6.20. The molecule has 2 aromatic carbocycles. The molecule has 128 valence electrons. The largest absolute Gasteiger partial charge is 0.343 e. The Morgan fingerprint density at radius 1 is 1.04 bits per heavy atom. The highest BCUT2D eigenvalue weighted by Crippen LogP contribution is 2.22. The van der Waals surface area contributed by atoms with E-state index >= 15 is 0 Å². The third-order valence-electron chi connectivity index (χ3n) is 3.92. The van der Waals surface area contributed by atoms with Gasteiger partial charge in [0.15, 0.2) is 0 Å². The molecule has 4 heteroatoms. The minimum absolute atomic E-state index is 0.138. The molecule has 0 aliphatic heterocycles. The van der Waals surface area contributed by atoms with Gasteiger partial charge < -0.3 is 4.90 Å². The lowest BCUT2D eigenvalue weighted by Gasteiger charge is -2.28. The van der Waals surface area contributed by atoms with E-state index < -0.39 is 0 Å². The van der Waals surface area contributed by atoms with E-state index in [1.54, 1.807) is 11.8 Å². The van der Waals surface area contributed by atoms with E-state index in [0.717, 1.165) is 17.9 Å². The molecule has 3 nitrogen and oxygen atoms in total. The van der Waals surface area contributed by atoms with Crippen molar-refractivity contribution in [2.75, 3.05) is 33.4 Å². The van der Waals surface area contributed by atoms with Crippen molar-refractivity contribution in [1.82, 2.24) is 9.80 Å². The van der Waals surface area contributed by atoms with Crippen molar-refractivity contribution in [3.63, 3.8) is 0 Å². The molecule has 24 heavy (non-hydrogen) atoms. The number of thioether (sulfide) groups is 1. The monoisotopic (exact) mass is 342 g/mol. The van der Waals surface area contributed by atoms with Crippen LogP contribution in [0.1, 0.15) is 17.2 Å². The molecule has 1 atom stereocenters. The minimum atomic E-state index is -0.239. The molecule has 0 bridgehead atoms. The molecule has 0 aliphatic carbocycles. The van der Waals surface area contributed by atoms with Crippen LogP contribution >= 0.6 is 11.8 Å². The second kappa shape index (κ2) is 8.90. The number of hydrogen-bond donors (Lipinski definition) is 0. The highest BCUT2D eigenvalue weighted by atomic mass is 32.2. The standard InChI is InChI=1S/C20H26N2OS/c1-16-9-8-10-17(15-16)19(21(2)3)20(23)22(4)13-14-24-18-11-6-5-7-12-18/h5-12,15,19H,13-14H2,1-4H3/t19-/m0/s1. The summed E-state index contributed by atoms with van der Waals surface area (Å²) in [6.07, 6.45) is 0. The Kier molecular flexibility index (Phi) is 6.88. The first-order chi connectivity index (χ1) is 11.5. The molecule has 2 aromatic rings. The fourth-order valence-corrected chi connectivity index (χ4v) is 3.59. The van der Waals surface area contributed by atoms with E-state index in [9.17, 15) is 4.79 Å². The van der Waals surface area contributed by atoms with Gasteiger partial charge in [-0.2, -0.15) is 0 Å². The van der Waals surface area contributed by atoms with Gasteiger partial charge in [-0.1, -0.05) is 48.0 Å². The third-order valence-corrected chi connectivity index (χ3v) is 4.92. The number of amides is 1. The first-order valence-corrected chi connectivity index (χ1v) is 9.13. The van der Waals surface area contributed by atoms with Crippen LogP contribution in [0.15, 0.2) is 59.5 Å². The third kappa shape index (κ3) is 5.11. The Morgan fingerprint density at radius 3 is 2.38 bits per heavy atom. The van der Waals surface area contributed by atoms with Crippen LogP contribution in [0, 0.1) is 6.92 Å². The number of hydrogen-bond acceptors (Lipinski definition) is 3. The van der Waals surface area contributed by atoms with Crippen molar-refractivity contribution in [1.29, 1.82) is 0 Å². The van der Waals surface area contributed by atoms with E-state index in [1.165, 1.54) is 10.5 Å². The summed E-state index contributed by atoms with van der Waals surface area (Å²) >= 11 is 1.78. The van der Waals surface area contributed by atoms with Crippen molar-refractivity contribution in [2.24, 2.45) is 0 Å². The molecular formula is C20H26N2OS. The van der Waals surface area contributed by atoms with Gasteiger partial charge in [0.05, 0.1) is 0 Å². The van der Waals surface area contributed by atoms with Crippen LogP contribution in [-0.4, -0.2) is 49.1 Å². The van der Waals surface area contributed by atoms with Gasteiger partial charge in [0.1, 0.15) is 6.04 Å². The van der Waals surface area contributed by atoms with E-state index in [1.807, 2.05) is 61.3 Å². The fourth-order valence-electron chi connectivity index (χ4n) is 2.64. The molecule has 0 saturated heterocycles. The van der Waals surface area contributed by atoms with Gasteiger partial charge in [-0.15, -0.1) is 11.8 Å². The van der Waals surface area contributed by atoms with Crippen LogP contribution < -0.4 is 0 Å². The average Bonchev–Trinajstić information content (AvgIpc) is 2.55. The molecule has 0 aromatic heterocycles. The normalized spacial score (nSPS) is 12.2. The lowest BCUT2D eigenvalue weighted by molar-refractivity contribution is -0.134. The summed E-state index contributed by atoms with van der Waals surface area (Å²) in [7, 11) is 5.80.